The first-order valence-electron chi connectivity index (χ1n) is 13.6. The summed E-state index contributed by atoms with van der Waals surface area (Å²) in [7, 11) is 1.90. The molecule has 8 nitrogen and oxygen atoms in total. The number of nitriles is 1. The van der Waals surface area contributed by atoms with E-state index in [0.29, 0.717) is 17.6 Å². The van der Waals surface area contributed by atoms with Gasteiger partial charge in [-0.15, -0.1) is 11.8 Å². The first kappa shape index (κ1) is 24.9. The lowest BCUT2D eigenvalue weighted by atomic mass is 10.0. The van der Waals surface area contributed by atoms with Crippen LogP contribution < -0.4 is 4.90 Å². The predicted octanol–water partition coefficient (Wildman–Crippen LogP) is 5.24. The monoisotopic (exact) mass is 546 g/mol. The molecule has 2 bridgehead atoms. The number of hydrogen-bond donors (Lipinski definition) is 0. The molecule has 4 aromatic heterocycles. The van der Waals surface area contributed by atoms with E-state index in [0.717, 1.165) is 53.2 Å². The molecule has 2 fully saturated rings. The Balaban J connectivity index is 1.14. The summed E-state index contributed by atoms with van der Waals surface area (Å²) in [5.74, 6) is 1.01. The molecule has 2 aliphatic heterocycles. The van der Waals surface area contributed by atoms with Gasteiger partial charge in [0, 0.05) is 84.5 Å². The van der Waals surface area contributed by atoms with Crippen LogP contribution in [0.5, 0.6) is 0 Å². The Morgan fingerprint density at radius 1 is 0.925 bits per heavy atom. The van der Waals surface area contributed by atoms with Crippen molar-refractivity contribution >= 4 is 23.1 Å². The van der Waals surface area contributed by atoms with E-state index in [1.165, 1.54) is 23.3 Å². The van der Waals surface area contributed by atoms with Gasteiger partial charge in [0.25, 0.3) is 0 Å². The lowest BCUT2D eigenvalue weighted by Gasteiger charge is -2.41. The van der Waals surface area contributed by atoms with Gasteiger partial charge in [-0.3, -0.25) is 9.58 Å². The zero-order valence-electron chi connectivity index (χ0n) is 22.6. The van der Waals surface area contributed by atoms with Crippen LogP contribution in [0, 0.1) is 11.3 Å². The average Bonchev–Trinajstić information content (AvgIpc) is 3.67. The zero-order valence-corrected chi connectivity index (χ0v) is 23.4. The molecule has 5 aromatic rings. The number of thioether (sulfide) groups is 1. The van der Waals surface area contributed by atoms with Crippen LogP contribution in [0.4, 0.5) is 5.82 Å². The Morgan fingerprint density at radius 2 is 1.73 bits per heavy atom. The highest BCUT2D eigenvalue weighted by Gasteiger charge is 2.40. The molecule has 0 spiro atoms. The standard InChI is InChI=1S/C31H30N8S/c1-36-17-25(15-34-36)23-11-29(31-24(12-32)14-35-39(31)18-23)22-5-10-30(33-13-22)37-19-26-6-7-27(20-37)38(26)16-21-3-8-28(40-2)9-4-21/h3-5,8-11,13-15,17-18,26-27H,6-7,16,19-20H2,1-2H3. The number of piperazine rings is 1. The van der Waals surface area contributed by atoms with Crippen LogP contribution in [-0.4, -0.2) is 60.7 Å². The van der Waals surface area contributed by atoms with Crippen LogP contribution in [0.15, 0.2) is 78.3 Å². The number of aromatic nitrogens is 5. The van der Waals surface area contributed by atoms with Crippen molar-refractivity contribution in [2.45, 2.75) is 36.4 Å². The molecule has 9 heteroatoms. The molecule has 2 aliphatic rings. The molecule has 0 amide bonds. The zero-order chi connectivity index (χ0) is 27.2. The van der Waals surface area contributed by atoms with Crippen molar-refractivity contribution in [3.8, 4) is 28.3 Å². The molecular weight excluding hydrogens is 516 g/mol. The second kappa shape index (κ2) is 10.1. The van der Waals surface area contributed by atoms with Crippen LogP contribution in [0.3, 0.4) is 0 Å². The lowest BCUT2D eigenvalue weighted by Crippen LogP contribution is -2.53. The molecule has 0 aliphatic carbocycles. The van der Waals surface area contributed by atoms with Gasteiger partial charge in [0.1, 0.15) is 11.9 Å². The van der Waals surface area contributed by atoms with E-state index in [2.05, 4.69) is 74.8 Å². The molecule has 0 N–H and O–H groups in total. The molecule has 0 saturated carbocycles. The van der Waals surface area contributed by atoms with Gasteiger partial charge in [-0.05, 0) is 55.0 Å². The molecule has 7 rings (SSSR count). The van der Waals surface area contributed by atoms with E-state index in [1.54, 1.807) is 27.2 Å². The van der Waals surface area contributed by atoms with Crippen molar-refractivity contribution in [2.75, 3.05) is 24.2 Å². The van der Waals surface area contributed by atoms with Gasteiger partial charge in [0.05, 0.1) is 23.5 Å². The van der Waals surface area contributed by atoms with Crippen molar-refractivity contribution in [1.29, 1.82) is 5.26 Å². The van der Waals surface area contributed by atoms with Crippen molar-refractivity contribution in [3.63, 3.8) is 0 Å². The molecule has 6 heterocycles. The highest BCUT2D eigenvalue weighted by atomic mass is 32.2. The number of nitrogens with zero attached hydrogens (tertiary/aromatic N) is 8. The van der Waals surface area contributed by atoms with Crippen LogP contribution >= 0.6 is 11.8 Å². The fourth-order valence-electron chi connectivity index (χ4n) is 6.26. The molecule has 0 radical (unpaired) electrons. The van der Waals surface area contributed by atoms with E-state index in [9.17, 15) is 5.26 Å². The fourth-order valence-corrected chi connectivity index (χ4v) is 6.67. The molecule has 40 heavy (non-hydrogen) atoms. The molecule has 2 saturated heterocycles. The number of aryl methyl sites for hydroxylation is 1. The van der Waals surface area contributed by atoms with Crippen molar-refractivity contribution in [3.05, 3.63) is 84.6 Å². The third-order valence-corrected chi connectivity index (χ3v) is 9.05. The summed E-state index contributed by atoms with van der Waals surface area (Å²) >= 11 is 1.79. The summed E-state index contributed by atoms with van der Waals surface area (Å²) in [5, 5.41) is 18.5. The molecular formula is C31H30N8S. The van der Waals surface area contributed by atoms with Gasteiger partial charge in [0.15, 0.2) is 0 Å². The van der Waals surface area contributed by atoms with Gasteiger partial charge in [-0.2, -0.15) is 15.5 Å². The Labute approximate surface area is 237 Å². The number of benzene rings is 1. The predicted molar refractivity (Wildman–Crippen MR) is 158 cm³/mol. The van der Waals surface area contributed by atoms with Crippen molar-refractivity contribution in [2.24, 2.45) is 7.05 Å². The minimum absolute atomic E-state index is 0.543. The summed E-state index contributed by atoms with van der Waals surface area (Å²) in [6, 6.07) is 18.7. The van der Waals surface area contributed by atoms with Crippen LogP contribution in [-0.2, 0) is 13.6 Å². The fraction of sp³-hybridized carbons (Fsp3) is 0.290. The van der Waals surface area contributed by atoms with Crippen molar-refractivity contribution < 1.29 is 0 Å². The second-order valence-corrected chi connectivity index (χ2v) is 11.6. The maximum absolute atomic E-state index is 9.75. The third-order valence-electron chi connectivity index (χ3n) is 8.31. The normalized spacial score (nSPS) is 18.9. The van der Waals surface area contributed by atoms with E-state index >= 15 is 0 Å². The van der Waals surface area contributed by atoms with Crippen LogP contribution in [0.1, 0.15) is 24.0 Å². The summed E-state index contributed by atoms with van der Waals surface area (Å²) in [4.78, 5) is 11.4. The molecule has 2 atom stereocenters. The van der Waals surface area contributed by atoms with Gasteiger partial charge in [-0.1, -0.05) is 12.1 Å². The van der Waals surface area contributed by atoms with Gasteiger partial charge >= 0.3 is 0 Å². The number of pyridine rings is 2. The maximum atomic E-state index is 9.75. The minimum Gasteiger partial charge on any atom is -0.353 e. The Kier molecular flexibility index (Phi) is 6.29. The Hall–Kier alpha value is -4.13. The van der Waals surface area contributed by atoms with Gasteiger partial charge in [0.2, 0.25) is 0 Å². The summed E-state index contributed by atoms with van der Waals surface area (Å²) in [5.41, 5.74) is 6.62. The maximum Gasteiger partial charge on any atom is 0.128 e. The third kappa shape index (κ3) is 4.43. The van der Waals surface area contributed by atoms with Crippen LogP contribution in [0.2, 0.25) is 0 Å². The van der Waals surface area contributed by atoms with E-state index < -0.39 is 0 Å². The largest absolute Gasteiger partial charge is 0.353 e. The Morgan fingerprint density at radius 3 is 2.38 bits per heavy atom. The summed E-state index contributed by atoms with van der Waals surface area (Å²) < 4.78 is 3.57. The quantitative estimate of drug-likeness (QED) is 0.270. The van der Waals surface area contributed by atoms with E-state index in [-0.39, 0.29) is 0 Å². The SMILES string of the molecule is CSc1ccc(CN2C3CCC2CN(c2ccc(-c4cc(-c5cnn(C)c5)cn5ncc(C#N)c45)cn2)C3)cc1. The number of fused-ring (bicyclic) bond motifs is 3. The molecule has 1 aromatic carbocycles. The first-order chi connectivity index (χ1) is 19.6. The van der Waals surface area contributed by atoms with E-state index in [1.807, 2.05) is 31.8 Å². The highest BCUT2D eigenvalue weighted by Crippen LogP contribution is 2.35. The molecule has 200 valence electrons. The Bertz CT molecular complexity index is 1700. The first-order valence-corrected chi connectivity index (χ1v) is 14.8. The minimum atomic E-state index is 0.543. The molecule has 2 unspecified atom stereocenters. The number of hydrogen-bond acceptors (Lipinski definition) is 7. The lowest BCUT2D eigenvalue weighted by molar-refractivity contribution is 0.160. The van der Waals surface area contributed by atoms with Gasteiger partial charge in [-0.25, -0.2) is 9.50 Å². The number of rotatable bonds is 6. The van der Waals surface area contributed by atoms with Crippen molar-refractivity contribution in [1.82, 2.24) is 29.3 Å². The summed E-state index contributed by atoms with van der Waals surface area (Å²) in [6.45, 7) is 3.00. The number of anilines is 1. The topological polar surface area (TPSA) is 78.3 Å². The average molecular weight is 547 g/mol. The summed E-state index contributed by atoms with van der Waals surface area (Å²) in [6.07, 6.45) is 13.9. The van der Waals surface area contributed by atoms with Crippen LogP contribution in [0.25, 0.3) is 27.8 Å². The smallest absolute Gasteiger partial charge is 0.128 e. The second-order valence-electron chi connectivity index (χ2n) is 10.7. The van der Waals surface area contributed by atoms with E-state index in [4.69, 9.17) is 4.98 Å². The van der Waals surface area contributed by atoms with Gasteiger partial charge < -0.3 is 4.90 Å². The highest BCUT2D eigenvalue weighted by molar-refractivity contribution is 7.98.